The predicted molar refractivity (Wildman–Crippen MR) is 152 cm³/mol. The van der Waals surface area contributed by atoms with Crippen LogP contribution in [0.4, 0.5) is 14.5 Å². The Balaban J connectivity index is 2.07. The Kier molecular flexibility index (Phi) is 10.4. The highest BCUT2D eigenvalue weighted by Crippen LogP contribution is 2.23. The third-order valence-corrected chi connectivity index (χ3v) is 7.57. The van der Waals surface area contributed by atoms with E-state index in [4.69, 9.17) is 0 Å². The topological polar surface area (TPSA) is 86.8 Å². The Bertz CT molecular complexity index is 1430. The number of amides is 2. The van der Waals surface area contributed by atoms with Gasteiger partial charge in [0, 0.05) is 25.6 Å². The number of aryl methyl sites for hydroxylation is 1. The molecule has 2 amide bonds. The van der Waals surface area contributed by atoms with Crippen LogP contribution >= 0.6 is 0 Å². The van der Waals surface area contributed by atoms with Gasteiger partial charge in [0.05, 0.1) is 11.9 Å². The molecule has 3 aromatic carbocycles. The molecule has 0 fully saturated rings. The van der Waals surface area contributed by atoms with Gasteiger partial charge in [0.15, 0.2) is 11.6 Å². The Morgan fingerprint density at radius 3 is 2.17 bits per heavy atom. The molecule has 3 aromatic rings. The van der Waals surface area contributed by atoms with E-state index in [1.807, 2.05) is 75.4 Å². The van der Waals surface area contributed by atoms with Crippen LogP contribution in [0.1, 0.15) is 30.5 Å². The van der Waals surface area contributed by atoms with E-state index in [1.54, 1.807) is 0 Å². The van der Waals surface area contributed by atoms with Gasteiger partial charge in [-0.25, -0.2) is 17.2 Å². The van der Waals surface area contributed by atoms with Crippen LogP contribution in [-0.2, 0) is 32.6 Å². The minimum absolute atomic E-state index is 0.0352. The van der Waals surface area contributed by atoms with Gasteiger partial charge in [-0.2, -0.15) is 0 Å². The molecular weight excluding hydrogens is 536 g/mol. The van der Waals surface area contributed by atoms with Gasteiger partial charge in [0.2, 0.25) is 21.8 Å². The van der Waals surface area contributed by atoms with Crippen LogP contribution in [0.25, 0.3) is 0 Å². The van der Waals surface area contributed by atoms with Crippen LogP contribution in [0.15, 0.2) is 72.8 Å². The van der Waals surface area contributed by atoms with E-state index in [-0.39, 0.29) is 30.5 Å². The number of benzene rings is 3. The number of nitrogens with one attached hydrogen (secondary N) is 1. The van der Waals surface area contributed by atoms with Crippen molar-refractivity contribution in [3.8, 4) is 0 Å². The highest BCUT2D eigenvalue weighted by Gasteiger charge is 2.33. The quantitative estimate of drug-likeness (QED) is 0.348. The van der Waals surface area contributed by atoms with Crippen molar-refractivity contribution < 1.29 is 26.8 Å². The second kappa shape index (κ2) is 13.5. The lowest BCUT2D eigenvalue weighted by Crippen LogP contribution is -2.53. The zero-order chi connectivity index (χ0) is 29.4. The highest BCUT2D eigenvalue weighted by molar-refractivity contribution is 7.92. The second-order valence-corrected chi connectivity index (χ2v) is 12.1. The first-order chi connectivity index (χ1) is 18.9. The predicted octanol–water partition coefficient (Wildman–Crippen LogP) is 4.45. The summed E-state index contributed by atoms with van der Waals surface area (Å²) >= 11 is 0. The van der Waals surface area contributed by atoms with E-state index < -0.39 is 40.2 Å². The van der Waals surface area contributed by atoms with E-state index in [2.05, 4.69) is 5.32 Å². The van der Waals surface area contributed by atoms with Crippen LogP contribution in [0.5, 0.6) is 0 Å². The van der Waals surface area contributed by atoms with Crippen LogP contribution in [-0.4, -0.2) is 50.5 Å². The number of carbonyl (C=O) groups excluding carboxylic acids is 2. The number of nitrogens with zero attached hydrogens (tertiary/aromatic N) is 2. The van der Waals surface area contributed by atoms with Crippen molar-refractivity contribution >= 4 is 27.5 Å². The summed E-state index contributed by atoms with van der Waals surface area (Å²) in [6.07, 6.45) is 1.07. The molecule has 10 heteroatoms. The first-order valence-corrected chi connectivity index (χ1v) is 14.8. The monoisotopic (exact) mass is 571 g/mol. The summed E-state index contributed by atoms with van der Waals surface area (Å²) in [4.78, 5) is 28.9. The Morgan fingerprint density at radius 1 is 0.925 bits per heavy atom. The van der Waals surface area contributed by atoms with E-state index in [1.165, 1.54) is 4.90 Å². The lowest BCUT2D eigenvalue weighted by molar-refractivity contribution is -0.140. The van der Waals surface area contributed by atoms with Crippen molar-refractivity contribution in [2.75, 3.05) is 23.7 Å². The third-order valence-electron chi connectivity index (χ3n) is 6.43. The van der Waals surface area contributed by atoms with Gasteiger partial charge in [-0.3, -0.25) is 13.9 Å². The maximum atomic E-state index is 14.0. The van der Waals surface area contributed by atoms with Crippen molar-refractivity contribution in [2.45, 2.75) is 39.8 Å². The van der Waals surface area contributed by atoms with E-state index >= 15 is 0 Å². The number of hydrogen-bond donors (Lipinski definition) is 1. The van der Waals surface area contributed by atoms with Gasteiger partial charge in [-0.15, -0.1) is 0 Å². The van der Waals surface area contributed by atoms with E-state index in [9.17, 15) is 26.8 Å². The molecule has 214 valence electrons. The third kappa shape index (κ3) is 8.35. The van der Waals surface area contributed by atoms with Gasteiger partial charge in [0.25, 0.3) is 0 Å². The number of anilines is 1. The van der Waals surface area contributed by atoms with Crippen LogP contribution in [0.2, 0.25) is 0 Å². The maximum Gasteiger partial charge on any atom is 0.244 e. The fourth-order valence-electron chi connectivity index (χ4n) is 4.20. The molecule has 0 saturated carbocycles. The van der Waals surface area contributed by atoms with Gasteiger partial charge in [0.1, 0.15) is 12.6 Å². The average Bonchev–Trinajstić information content (AvgIpc) is 2.90. The summed E-state index contributed by atoms with van der Waals surface area (Å²) in [5, 5.41) is 2.91. The molecule has 3 rings (SSSR count). The van der Waals surface area contributed by atoms with Crippen molar-refractivity contribution in [1.29, 1.82) is 0 Å². The fraction of sp³-hybridized carbons (Fsp3) is 0.333. The average molecular weight is 572 g/mol. The number of hydrogen-bond acceptors (Lipinski definition) is 4. The summed E-state index contributed by atoms with van der Waals surface area (Å²) < 4.78 is 53.8. The van der Waals surface area contributed by atoms with Crippen molar-refractivity contribution in [2.24, 2.45) is 5.92 Å². The molecule has 1 unspecified atom stereocenters. The number of rotatable bonds is 12. The Labute approximate surface area is 234 Å². The molecule has 0 spiro atoms. The first kappa shape index (κ1) is 30.7. The van der Waals surface area contributed by atoms with E-state index in [0.29, 0.717) is 10.8 Å². The number of sulfonamides is 1. The molecule has 0 radical (unpaired) electrons. The molecule has 0 aliphatic carbocycles. The van der Waals surface area contributed by atoms with Crippen molar-refractivity contribution in [3.05, 3.63) is 101 Å². The lowest BCUT2D eigenvalue weighted by Gasteiger charge is -2.34. The molecule has 0 bridgehead atoms. The molecule has 0 aliphatic rings. The Morgan fingerprint density at radius 2 is 1.57 bits per heavy atom. The summed E-state index contributed by atoms with van der Waals surface area (Å²) in [6.45, 7) is 5.50. The molecule has 0 aromatic heterocycles. The minimum Gasteiger partial charge on any atom is -0.354 e. The summed E-state index contributed by atoms with van der Waals surface area (Å²) in [7, 11) is -4.09. The number of carbonyl (C=O) groups is 2. The standard InChI is InChI=1S/C30H35F2N3O4S/c1-21(2)18-33-30(37)28(16-23-11-6-5-7-12-23)34(19-24-13-9-8-10-22(24)3)29(36)20-35(40(4,38)39)25-14-15-26(31)27(32)17-25/h5-15,17,21,28H,16,18-20H2,1-4H3,(H,33,37). The lowest BCUT2D eigenvalue weighted by atomic mass is 10.0. The first-order valence-electron chi connectivity index (χ1n) is 12.9. The summed E-state index contributed by atoms with van der Waals surface area (Å²) in [5.41, 5.74) is 2.29. The van der Waals surface area contributed by atoms with Gasteiger partial charge < -0.3 is 10.2 Å². The smallest absolute Gasteiger partial charge is 0.244 e. The highest BCUT2D eigenvalue weighted by atomic mass is 32.2. The summed E-state index contributed by atoms with van der Waals surface area (Å²) in [6, 6.07) is 18.3. The number of halogens is 2. The second-order valence-electron chi connectivity index (χ2n) is 10.2. The maximum absolute atomic E-state index is 14.0. The van der Waals surface area contributed by atoms with Gasteiger partial charge in [-0.05, 0) is 41.7 Å². The molecule has 0 heterocycles. The molecule has 0 saturated heterocycles. The summed E-state index contributed by atoms with van der Waals surface area (Å²) in [5.74, 6) is -3.27. The van der Waals surface area contributed by atoms with Crippen LogP contribution in [0, 0.1) is 24.5 Å². The Hall–Kier alpha value is -3.79. The zero-order valence-corrected chi connectivity index (χ0v) is 23.9. The molecule has 40 heavy (non-hydrogen) atoms. The van der Waals surface area contributed by atoms with Crippen molar-refractivity contribution in [1.82, 2.24) is 10.2 Å². The van der Waals surface area contributed by atoms with Gasteiger partial charge >= 0.3 is 0 Å². The molecule has 1 atom stereocenters. The minimum atomic E-state index is -4.09. The molecule has 7 nitrogen and oxygen atoms in total. The van der Waals surface area contributed by atoms with E-state index in [0.717, 1.165) is 41.1 Å². The normalized spacial score (nSPS) is 12.2. The van der Waals surface area contributed by atoms with Crippen LogP contribution < -0.4 is 9.62 Å². The fourth-order valence-corrected chi connectivity index (χ4v) is 5.04. The SMILES string of the molecule is Cc1ccccc1CN(C(=O)CN(c1ccc(F)c(F)c1)S(C)(=O)=O)C(Cc1ccccc1)C(=O)NCC(C)C. The van der Waals surface area contributed by atoms with Crippen LogP contribution in [0.3, 0.4) is 0 Å². The molecule has 1 N–H and O–H groups in total. The zero-order valence-electron chi connectivity index (χ0n) is 23.1. The van der Waals surface area contributed by atoms with Crippen molar-refractivity contribution in [3.63, 3.8) is 0 Å². The molecule has 0 aliphatic heterocycles. The largest absolute Gasteiger partial charge is 0.354 e. The van der Waals surface area contributed by atoms with Gasteiger partial charge in [-0.1, -0.05) is 68.4 Å². The molecular formula is C30H35F2N3O4S.